The molecular weight excluding hydrogens is 382 g/mol. The van der Waals surface area contributed by atoms with E-state index in [4.69, 9.17) is 0 Å². The number of alkyl halides is 3. The maximum atomic E-state index is 12.4. The van der Waals surface area contributed by atoms with Crippen molar-refractivity contribution < 1.29 is 13.2 Å². The van der Waals surface area contributed by atoms with Crippen molar-refractivity contribution in [2.45, 2.75) is 11.4 Å². The number of hydrogen-bond donors (Lipinski definition) is 0. The number of pyridine rings is 1. The van der Waals surface area contributed by atoms with Crippen molar-refractivity contribution in [3.05, 3.63) is 58.2 Å². The van der Waals surface area contributed by atoms with Gasteiger partial charge >= 0.3 is 124 Å². The first-order valence-corrected chi connectivity index (χ1v) is 8.46. The van der Waals surface area contributed by atoms with Gasteiger partial charge in [0.2, 0.25) is 0 Å². The molecule has 1 aromatic carbocycles. The molecule has 0 amide bonds. The molecule has 6 heteroatoms. The average molecular weight is 391 g/mol. The van der Waals surface area contributed by atoms with E-state index in [1.54, 1.807) is 6.20 Å². The minimum atomic E-state index is -4.26. The zero-order chi connectivity index (χ0) is 13.9. The van der Waals surface area contributed by atoms with Crippen molar-refractivity contribution in [2.75, 3.05) is 0 Å². The van der Waals surface area contributed by atoms with Crippen molar-refractivity contribution in [1.29, 1.82) is 0 Å². The van der Waals surface area contributed by atoms with Gasteiger partial charge in [-0.25, -0.2) is 0 Å². The fourth-order valence-corrected chi connectivity index (χ4v) is 3.50. The number of rotatable bonds is 3. The Balaban J connectivity index is 1.98. The van der Waals surface area contributed by atoms with Gasteiger partial charge in [0.25, 0.3) is 0 Å². The normalized spacial score (nSPS) is 12.2. The summed E-state index contributed by atoms with van der Waals surface area (Å²) in [4.78, 5) is 4.26. The second kappa shape index (κ2) is 6.10. The molecule has 2 aromatic rings. The van der Waals surface area contributed by atoms with Crippen LogP contribution in [0.15, 0.2) is 47.1 Å². The molecule has 0 saturated heterocycles. The Morgan fingerprint density at radius 1 is 1.05 bits per heavy atom. The third kappa shape index (κ3) is 4.36. The third-order valence-electron chi connectivity index (χ3n) is 2.42. The SMILES string of the molecule is FC(F)(F)c1ccc(C[As]c2ccc(Br)cn2)cc1. The van der Waals surface area contributed by atoms with Crippen LogP contribution in [0.4, 0.5) is 13.2 Å². The molecular formula is C13H9AsBrF3N. The molecule has 19 heavy (non-hydrogen) atoms. The van der Waals surface area contributed by atoms with E-state index in [1.165, 1.54) is 12.1 Å². The summed E-state index contributed by atoms with van der Waals surface area (Å²) >= 11 is 3.14. The fourth-order valence-electron chi connectivity index (χ4n) is 1.43. The number of halogens is 4. The number of nitrogens with zero attached hydrogens (tertiary/aromatic N) is 1. The van der Waals surface area contributed by atoms with Gasteiger partial charge in [-0.05, 0) is 0 Å². The van der Waals surface area contributed by atoms with Crippen LogP contribution >= 0.6 is 15.9 Å². The maximum absolute atomic E-state index is 12.4. The van der Waals surface area contributed by atoms with E-state index in [2.05, 4.69) is 20.9 Å². The molecule has 0 fully saturated rings. The molecule has 0 aliphatic rings. The summed E-state index contributed by atoms with van der Waals surface area (Å²) in [5.41, 5.74) is 0.312. The van der Waals surface area contributed by atoms with Crippen LogP contribution in [-0.4, -0.2) is 20.7 Å². The first-order valence-electron chi connectivity index (χ1n) is 5.40. The molecule has 0 aliphatic carbocycles. The number of aromatic nitrogens is 1. The van der Waals surface area contributed by atoms with Crippen molar-refractivity contribution in [3.63, 3.8) is 0 Å². The zero-order valence-electron chi connectivity index (χ0n) is 9.65. The standard InChI is InChI=1S/C13H9AsBrF3N/c15-11-5-6-12(19-8-11)14-7-9-1-3-10(4-2-9)13(16,17)18/h1-6,8H,7H2. The second-order valence-electron chi connectivity index (χ2n) is 3.85. The topological polar surface area (TPSA) is 12.9 Å². The Morgan fingerprint density at radius 2 is 1.74 bits per heavy atom. The molecule has 0 aliphatic heterocycles. The molecule has 1 heterocycles. The molecule has 0 bridgehead atoms. The van der Waals surface area contributed by atoms with Crippen molar-refractivity contribution in [2.24, 2.45) is 0 Å². The fraction of sp³-hybridized carbons (Fsp3) is 0.154. The molecule has 1 aromatic heterocycles. The number of benzene rings is 1. The minimum absolute atomic E-state index is 0.165. The predicted octanol–water partition coefficient (Wildman–Crippen LogP) is 3.39. The van der Waals surface area contributed by atoms with Crippen molar-refractivity contribution in [3.8, 4) is 0 Å². The van der Waals surface area contributed by atoms with Crippen molar-refractivity contribution >= 4 is 36.2 Å². The Morgan fingerprint density at radius 3 is 2.26 bits per heavy atom. The third-order valence-corrected chi connectivity index (χ3v) is 5.22. The summed E-state index contributed by atoms with van der Waals surface area (Å²) in [6.45, 7) is 0. The quantitative estimate of drug-likeness (QED) is 0.732. The first-order chi connectivity index (χ1) is 8.95. The Labute approximate surface area is 124 Å². The van der Waals surface area contributed by atoms with Crippen LogP contribution in [0.3, 0.4) is 0 Å². The summed E-state index contributed by atoms with van der Waals surface area (Å²) in [5, 5.41) is 0.767. The van der Waals surface area contributed by atoms with E-state index in [0.29, 0.717) is 0 Å². The molecule has 0 atom stereocenters. The number of hydrogen-bond acceptors (Lipinski definition) is 1. The average Bonchev–Trinajstić information content (AvgIpc) is 2.37. The van der Waals surface area contributed by atoms with Crippen molar-refractivity contribution in [1.82, 2.24) is 4.98 Å². The Bertz CT molecular complexity index is 537. The summed E-state index contributed by atoms with van der Waals surface area (Å²) < 4.78 is 39.1. The monoisotopic (exact) mass is 390 g/mol. The van der Waals surface area contributed by atoms with Crippen LogP contribution in [0.5, 0.6) is 0 Å². The molecule has 0 N–H and O–H groups in total. The Kier molecular flexibility index (Phi) is 4.69. The van der Waals surface area contributed by atoms with Crippen LogP contribution in [0.2, 0.25) is 0 Å². The van der Waals surface area contributed by atoms with Gasteiger partial charge in [0.1, 0.15) is 0 Å². The van der Waals surface area contributed by atoms with E-state index in [1.807, 2.05) is 12.1 Å². The molecule has 99 valence electrons. The molecule has 0 saturated carbocycles. The van der Waals surface area contributed by atoms with E-state index in [-0.39, 0.29) is 15.8 Å². The van der Waals surface area contributed by atoms with Crippen LogP contribution in [0.25, 0.3) is 0 Å². The van der Waals surface area contributed by atoms with Crippen LogP contribution < -0.4 is 4.48 Å². The van der Waals surface area contributed by atoms with E-state index in [9.17, 15) is 13.2 Å². The van der Waals surface area contributed by atoms with Gasteiger partial charge in [-0.1, -0.05) is 0 Å². The first kappa shape index (κ1) is 14.6. The molecule has 1 nitrogen and oxygen atoms in total. The second-order valence-corrected chi connectivity index (χ2v) is 7.05. The summed E-state index contributed by atoms with van der Waals surface area (Å²) in [6, 6.07) is 9.20. The Hall–Kier alpha value is -0.802. The van der Waals surface area contributed by atoms with Gasteiger partial charge in [-0.2, -0.15) is 0 Å². The van der Waals surface area contributed by atoms with Gasteiger partial charge in [-0.3, -0.25) is 0 Å². The summed E-state index contributed by atoms with van der Waals surface area (Å²) in [7, 11) is 0. The zero-order valence-corrected chi connectivity index (χ0v) is 13.1. The van der Waals surface area contributed by atoms with Crippen LogP contribution in [-0.2, 0) is 11.4 Å². The van der Waals surface area contributed by atoms with Crippen LogP contribution in [0, 0.1) is 0 Å². The van der Waals surface area contributed by atoms with Gasteiger partial charge in [0.15, 0.2) is 0 Å². The molecule has 0 spiro atoms. The van der Waals surface area contributed by atoms with E-state index >= 15 is 0 Å². The molecule has 0 unspecified atom stereocenters. The predicted molar refractivity (Wildman–Crippen MR) is 72.5 cm³/mol. The molecule has 1 radical (unpaired) electrons. The van der Waals surface area contributed by atoms with Gasteiger partial charge in [-0.15, -0.1) is 0 Å². The van der Waals surface area contributed by atoms with E-state index < -0.39 is 11.7 Å². The van der Waals surface area contributed by atoms with Gasteiger partial charge in [0, 0.05) is 0 Å². The van der Waals surface area contributed by atoms with E-state index in [0.717, 1.165) is 31.9 Å². The van der Waals surface area contributed by atoms with Crippen LogP contribution in [0.1, 0.15) is 11.1 Å². The molecule has 2 rings (SSSR count). The van der Waals surface area contributed by atoms with Gasteiger partial charge < -0.3 is 0 Å². The summed E-state index contributed by atoms with van der Waals surface area (Å²) in [5.74, 6) is 0. The van der Waals surface area contributed by atoms with Gasteiger partial charge in [0.05, 0.1) is 0 Å². The summed E-state index contributed by atoms with van der Waals surface area (Å²) in [6.07, 6.45) is -2.53.